The lowest BCUT2D eigenvalue weighted by molar-refractivity contribution is -0.138. The van der Waals surface area contributed by atoms with Crippen molar-refractivity contribution in [3.05, 3.63) is 0 Å². The van der Waals surface area contributed by atoms with Crippen molar-refractivity contribution in [2.24, 2.45) is 10.8 Å². The fraction of sp³-hybridized carbons (Fsp3) is 0.750. The van der Waals surface area contributed by atoms with Crippen molar-refractivity contribution in [1.82, 2.24) is 4.91 Å². The van der Waals surface area contributed by atoms with E-state index in [2.05, 4.69) is 10.0 Å². The van der Waals surface area contributed by atoms with E-state index in [1.54, 1.807) is 0 Å². The van der Waals surface area contributed by atoms with Gasteiger partial charge in [0.1, 0.15) is 23.2 Å². The van der Waals surface area contributed by atoms with E-state index in [0.717, 1.165) is 0 Å². The summed E-state index contributed by atoms with van der Waals surface area (Å²) in [5, 5.41) is 11.5. The Morgan fingerprint density at radius 1 is 1.90 bits per heavy atom. The molecule has 0 spiro atoms. The summed E-state index contributed by atoms with van der Waals surface area (Å²) < 4.78 is 0. The molecule has 0 aliphatic carbocycles. The summed E-state index contributed by atoms with van der Waals surface area (Å²) in [5.41, 5.74) is 11.3. The molecule has 0 amide bonds. The number of carboxylic acid groups (broad SMARTS) is 1. The van der Waals surface area contributed by atoms with E-state index in [0.29, 0.717) is 0 Å². The predicted octanol–water partition coefficient (Wildman–Crippen LogP) is -0.661. The van der Waals surface area contributed by atoms with Gasteiger partial charge in [-0.3, -0.25) is 4.79 Å². The standard InChI is InChI=1S/C4H8N4O2/c5-3(4(9)10)1-2-7-8-6/h3,6H,1-2,5H2/p+1/t3-/m1/s1/i1+1,2+1,3+1,4+1,5+1,7+1. The van der Waals surface area contributed by atoms with Crippen LogP contribution in [0.3, 0.4) is 0 Å². The molecule has 0 saturated carbocycles. The lowest BCUT2D eigenvalue weighted by atomic mass is 11.2. The molecule has 4 N–H and O–H groups in total. The molecule has 0 radical (unpaired) electrons. The Hall–Kier alpha value is -1.26. The maximum absolute atomic E-state index is 10.0. The number of rotatable bonds is 4. The van der Waals surface area contributed by atoms with Gasteiger partial charge in [0.25, 0.3) is 0 Å². The van der Waals surface area contributed by atoms with E-state index in [9.17, 15) is 4.79 Å². The normalized spacial score (nSPS) is 11.7. The minimum Gasteiger partial charge on any atom is -0.480 e. The zero-order valence-electron chi connectivity index (χ0n) is 5.32. The van der Waals surface area contributed by atoms with Crippen LogP contribution in [0.1, 0.15) is 6.42 Å². The maximum atomic E-state index is 10.0. The van der Waals surface area contributed by atoms with E-state index < -0.39 is 12.0 Å². The fourth-order valence-corrected chi connectivity index (χ4v) is 0.370. The Morgan fingerprint density at radius 3 is 2.90 bits per heavy atom. The quantitative estimate of drug-likeness (QED) is 0.214. The molecule has 6 heteroatoms. The van der Waals surface area contributed by atoms with Crippen LogP contribution >= 0.6 is 0 Å². The molecule has 10 heavy (non-hydrogen) atoms. The van der Waals surface area contributed by atoms with Gasteiger partial charge in [-0.05, 0) is 6.42 Å². The zero-order valence-corrected chi connectivity index (χ0v) is 5.32. The molecule has 0 heterocycles. The number of hydrogen-bond acceptors (Lipinski definition) is 4. The van der Waals surface area contributed by atoms with Crippen molar-refractivity contribution in [1.29, 1.82) is 5.53 Å². The van der Waals surface area contributed by atoms with E-state index in [-0.39, 0.29) is 13.0 Å². The van der Waals surface area contributed by atoms with Crippen molar-refractivity contribution >= 4 is 5.97 Å². The van der Waals surface area contributed by atoms with E-state index in [1.165, 1.54) is 0 Å². The second-order valence-corrected chi connectivity index (χ2v) is 1.70. The summed E-state index contributed by atoms with van der Waals surface area (Å²) in [6, 6.07) is -0.898. The van der Waals surface area contributed by atoms with Crippen LogP contribution in [0.2, 0.25) is 0 Å². The minimum absolute atomic E-state index is 0.191. The number of nitrogens with one attached hydrogen (secondary N) is 1. The number of carboxylic acids is 1. The first-order valence-corrected chi connectivity index (χ1v) is 2.70. The number of aliphatic carboxylic acids is 1. The molecule has 0 aromatic carbocycles. The molecule has 56 valence electrons. The summed E-state index contributed by atoms with van der Waals surface area (Å²) in [4.78, 5) is 12.7. The zero-order chi connectivity index (χ0) is 7.98. The van der Waals surface area contributed by atoms with Gasteiger partial charge in [-0.1, -0.05) is 0 Å². The molecule has 0 aromatic heterocycles. The topological polar surface area (TPSA) is 114 Å². The third-order valence-electron chi connectivity index (χ3n) is 0.928. The monoisotopic (exact) mass is 151 g/mol. The van der Waals surface area contributed by atoms with Gasteiger partial charge in [-0.2, -0.15) is 0 Å². The summed E-state index contributed by atoms with van der Waals surface area (Å²) in [5.74, 6) is -1.06. The summed E-state index contributed by atoms with van der Waals surface area (Å²) in [7, 11) is 0. The second-order valence-electron chi connectivity index (χ2n) is 1.70. The first-order valence-electron chi connectivity index (χ1n) is 2.70. The van der Waals surface area contributed by atoms with E-state index in [1.807, 2.05) is 0 Å². The lowest BCUT2D eigenvalue weighted by Gasteiger charge is -1.98. The van der Waals surface area contributed by atoms with Gasteiger partial charge in [-0.15, -0.1) is 0 Å². The SMILES string of the molecule is N=[N+]=[15N][13CH2][13CH2][13C@@H]([15NH2])[13C](=O)O. The van der Waals surface area contributed by atoms with Gasteiger partial charge >= 0.3 is 5.97 Å². The van der Waals surface area contributed by atoms with Crippen LogP contribution in [0.25, 0.3) is 0 Å². The van der Waals surface area contributed by atoms with Crippen LogP contribution in [0.5, 0.6) is 0 Å². The van der Waals surface area contributed by atoms with Crippen LogP contribution in [0.15, 0.2) is 5.11 Å². The van der Waals surface area contributed by atoms with E-state index >= 15 is 0 Å². The van der Waals surface area contributed by atoms with Gasteiger partial charge in [0.05, 0.1) is 0 Å². The number of nitrogens with two attached hydrogens (primary N) is 1. The van der Waals surface area contributed by atoms with Crippen molar-refractivity contribution in [2.75, 3.05) is 6.54 Å². The average Bonchev–Trinajstić information content (AvgIpc) is 1.88. The highest BCUT2D eigenvalue weighted by atomic mass is 16.5. The van der Waals surface area contributed by atoms with Gasteiger partial charge < -0.3 is 10.8 Å². The fourth-order valence-electron chi connectivity index (χ4n) is 0.370. The lowest BCUT2D eigenvalue weighted by Crippen LogP contribution is -2.30. The number of carbonyl (C=O) groups is 1. The summed E-state index contributed by atoms with van der Waals surface area (Å²) in [6.45, 7) is 0.191. The second kappa shape index (κ2) is 4.60. The maximum Gasteiger partial charge on any atom is 0.320 e. The van der Waals surface area contributed by atoms with Crippen molar-refractivity contribution in [3.63, 3.8) is 0 Å². The molecule has 0 bridgehead atoms. The molecule has 0 saturated heterocycles. The molecular formula is C4H9N4O2+. The van der Waals surface area contributed by atoms with Crippen LogP contribution in [-0.4, -0.2) is 23.7 Å². The molecular weight excluding hydrogens is 142 g/mol. The van der Waals surface area contributed by atoms with Crippen LogP contribution in [0, 0.1) is 5.53 Å². The third kappa shape index (κ3) is 3.71. The first kappa shape index (κ1) is 8.74. The largest absolute Gasteiger partial charge is 0.480 e. The first-order chi connectivity index (χ1) is 4.68. The molecule has 6 nitrogen and oxygen atoms in total. The molecule has 0 aromatic rings. The molecule has 1 atom stereocenters. The Bertz CT molecular complexity index is 163. The van der Waals surface area contributed by atoms with Crippen LogP contribution in [-0.2, 0) is 4.79 Å². The molecule has 0 rings (SSSR count). The molecule has 0 fully saturated rings. The van der Waals surface area contributed by atoms with Crippen molar-refractivity contribution in [2.45, 2.75) is 12.5 Å². The van der Waals surface area contributed by atoms with Gasteiger partial charge in [0.2, 0.25) is 4.91 Å². The molecule has 0 aliphatic heterocycles. The highest BCUT2D eigenvalue weighted by Gasteiger charge is 2.10. The molecule has 0 unspecified atom stereocenters. The summed E-state index contributed by atoms with van der Waals surface area (Å²) >= 11 is 0. The van der Waals surface area contributed by atoms with Gasteiger partial charge in [0, 0.05) is 0 Å². The van der Waals surface area contributed by atoms with Crippen LogP contribution in [0.4, 0.5) is 0 Å². The van der Waals surface area contributed by atoms with Crippen LogP contribution < -0.4 is 10.6 Å². The average molecular weight is 151 g/mol. The smallest absolute Gasteiger partial charge is 0.320 e. The Kier molecular flexibility index (Phi) is 4.02. The van der Waals surface area contributed by atoms with Gasteiger partial charge in [-0.25, -0.2) is 0 Å². The Labute approximate surface area is 57.3 Å². The third-order valence-corrected chi connectivity index (χ3v) is 0.928. The van der Waals surface area contributed by atoms with Gasteiger partial charge in [0.15, 0.2) is 0 Å². The van der Waals surface area contributed by atoms with Crippen molar-refractivity contribution in [3.8, 4) is 0 Å². The van der Waals surface area contributed by atoms with E-state index in [4.69, 9.17) is 16.4 Å². The number of nitrogens with zero attached hydrogens (tertiary/aromatic N) is 2. The predicted molar refractivity (Wildman–Crippen MR) is 32.4 cm³/mol. The number of hydrogen-bond donors (Lipinski definition) is 3. The minimum atomic E-state index is -1.06. The van der Waals surface area contributed by atoms with Crippen molar-refractivity contribution < 1.29 is 9.90 Å². The summed E-state index contributed by atoms with van der Waals surface area (Å²) in [6.07, 6.45) is 0.220. The highest BCUT2D eigenvalue weighted by Crippen LogP contribution is 1.86. The molecule has 0 aliphatic rings. The highest BCUT2D eigenvalue weighted by molar-refractivity contribution is 5.72. The Morgan fingerprint density at radius 2 is 2.50 bits per heavy atom. The Balaban J connectivity index is 3.48.